The van der Waals surface area contributed by atoms with Crippen molar-refractivity contribution in [3.05, 3.63) is 108 Å². The lowest BCUT2D eigenvalue weighted by atomic mass is 9.80. The van der Waals surface area contributed by atoms with Gasteiger partial charge >= 0.3 is 5.97 Å². The number of aromatic nitrogens is 1. The molecular weight excluding hydrogens is 489 g/mol. The molecule has 5 rings (SSSR count). The fourth-order valence-electron chi connectivity index (χ4n) is 5.36. The summed E-state index contributed by atoms with van der Waals surface area (Å²) in [6, 6.07) is 26.5. The summed E-state index contributed by atoms with van der Waals surface area (Å²) in [7, 11) is 0. The van der Waals surface area contributed by atoms with Crippen LogP contribution < -0.4 is 10.2 Å². The zero-order valence-electron chi connectivity index (χ0n) is 20.7. The number of carboxylic acids is 1. The Hall–Kier alpha value is -3.48. The second-order valence-corrected chi connectivity index (χ2v) is 9.54. The Kier molecular flexibility index (Phi) is 8.41. The maximum Gasteiger partial charge on any atom is 0.337 e. The number of hydrogen-bond acceptors (Lipinski definition) is 4. The molecule has 1 saturated heterocycles. The minimum atomic E-state index is -1.18. The highest BCUT2D eigenvalue weighted by Gasteiger charge is 2.32. The summed E-state index contributed by atoms with van der Waals surface area (Å²) in [5.74, 6) is -1.01. The molecule has 5 nitrogen and oxygen atoms in total. The molecule has 2 heterocycles. The van der Waals surface area contributed by atoms with Gasteiger partial charge in [0.1, 0.15) is 0 Å². The van der Waals surface area contributed by atoms with Gasteiger partial charge in [-0.25, -0.2) is 14.2 Å². The van der Waals surface area contributed by atoms with Crippen molar-refractivity contribution in [2.45, 2.75) is 25.3 Å². The van der Waals surface area contributed by atoms with Crippen LogP contribution in [0.3, 0.4) is 0 Å². The van der Waals surface area contributed by atoms with E-state index in [1.807, 2.05) is 23.1 Å². The predicted octanol–water partition coefficient (Wildman–Crippen LogP) is 6.45. The maximum atomic E-state index is 14.8. The van der Waals surface area contributed by atoms with E-state index in [1.165, 1.54) is 28.1 Å². The first-order valence-electron chi connectivity index (χ1n) is 12.4. The summed E-state index contributed by atoms with van der Waals surface area (Å²) in [6.45, 7) is 4.33. The summed E-state index contributed by atoms with van der Waals surface area (Å²) in [5.41, 5.74) is 2.36. The average molecular weight is 520 g/mol. The second kappa shape index (κ2) is 11.7. The van der Waals surface area contributed by atoms with Crippen LogP contribution in [0.4, 0.5) is 10.2 Å². The zero-order chi connectivity index (χ0) is 25.1. The molecule has 3 atom stereocenters. The molecule has 2 N–H and O–H groups in total. The van der Waals surface area contributed by atoms with Gasteiger partial charge in [-0.1, -0.05) is 72.8 Å². The number of nitrogens with zero attached hydrogens (tertiary/aromatic N) is 2. The molecule has 192 valence electrons. The monoisotopic (exact) mass is 519 g/mol. The lowest BCUT2D eigenvalue weighted by Gasteiger charge is -2.40. The van der Waals surface area contributed by atoms with E-state index in [2.05, 4.69) is 71.8 Å². The number of rotatable bonds is 7. The molecule has 3 aromatic carbocycles. The van der Waals surface area contributed by atoms with Crippen LogP contribution in [0.1, 0.15) is 46.8 Å². The fraction of sp³-hybridized carbons (Fsp3) is 0.267. The number of benzene rings is 3. The largest absolute Gasteiger partial charge is 0.478 e. The van der Waals surface area contributed by atoms with Crippen molar-refractivity contribution in [3.63, 3.8) is 0 Å². The molecule has 1 fully saturated rings. The Balaban J connectivity index is 0.00000320. The topological polar surface area (TPSA) is 65.5 Å². The van der Waals surface area contributed by atoms with Crippen molar-refractivity contribution in [1.29, 1.82) is 0 Å². The number of piperidine rings is 1. The number of aromatic carboxylic acids is 1. The first-order valence-corrected chi connectivity index (χ1v) is 12.4. The highest BCUT2D eigenvalue weighted by molar-refractivity contribution is 5.87. The number of anilines is 1. The van der Waals surface area contributed by atoms with E-state index in [0.29, 0.717) is 19.0 Å². The minimum absolute atomic E-state index is 0. The molecule has 0 aliphatic carbocycles. The van der Waals surface area contributed by atoms with Crippen molar-refractivity contribution >= 4 is 35.0 Å². The number of hydrogen-bond donors (Lipinski definition) is 2. The van der Waals surface area contributed by atoms with Crippen LogP contribution in [0.15, 0.2) is 85.1 Å². The lowest BCUT2D eigenvalue weighted by molar-refractivity contribution is 0.0696. The van der Waals surface area contributed by atoms with Gasteiger partial charge in [-0.15, -0.1) is 12.4 Å². The summed E-state index contributed by atoms with van der Waals surface area (Å²) in [4.78, 5) is 17.3. The van der Waals surface area contributed by atoms with Crippen molar-refractivity contribution in [2.24, 2.45) is 5.92 Å². The molecule has 0 bridgehead atoms. The van der Waals surface area contributed by atoms with E-state index in [-0.39, 0.29) is 35.7 Å². The number of pyridine rings is 1. The number of fused-ring (bicyclic) bond motifs is 1. The quantitative estimate of drug-likeness (QED) is 0.293. The molecule has 7 heteroatoms. The van der Waals surface area contributed by atoms with Crippen LogP contribution in [0.2, 0.25) is 0 Å². The Morgan fingerprint density at radius 2 is 1.84 bits per heavy atom. The van der Waals surface area contributed by atoms with E-state index in [4.69, 9.17) is 5.11 Å². The zero-order valence-corrected chi connectivity index (χ0v) is 21.5. The van der Waals surface area contributed by atoms with Gasteiger partial charge in [0.2, 0.25) is 0 Å². The summed E-state index contributed by atoms with van der Waals surface area (Å²) < 4.78 is 14.8. The summed E-state index contributed by atoms with van der Waals surface area (Å²) in [5, 5.41) is 15.4. The van der Waals surface area contributed by atoms with Crippen LogP contribution >= 0.6 is 12.4 Å². The van der Waals surface area contributed by atoms with Gasteiger partial charge in [0.25, 0.3) is 0 Å². The minimum Gasteiger partial charge on any atom is -0.478 e. The molecule has 4 aromatic rings. The number of nitrogens with one attached hydrogen (secondary N) is 1. The molecule has 1 aliphatic rings. The molecule has 1 aliphatic heterocycles. The third kappa shape index (κ3) is 5.76. The van der Waals surface area contributed by atoms with Crippen LogP contribution in [0.5, 0.6) is 0 Å². The van der Waals surface area contributed by atoms with Crippen LogP contribution in [0, 0.1) is 11.7 Å². The van der Waals surface area contributed by atoms with Crippen molar-refractivity contribution in [3.8, 4) is 0 Å². The third-order valence-electron chi connectivity index (χ3n) is 7.33. The van der Waals surface area contributed by atoms with Gasteiger partial charge in [0.05, 0.1) is 5.56 Å². The van der Waals surface area contributed by atoms with Gasteiger partial charge < -0.3 is 15.3 Å². The van der Waals surface area contributed by atoms with Gasteiger partial charge in [-0.3, -0.25) is 0 Å². The Bertz CT molecular complexity index is 1360. The number of carbonyl (C=O) groups is 1. The second-order valence-electron chi connectivity index (χ2n) is 9.54. The normalized spacial score (nSPS) is 18.3. The van der Waals surface area contributed by atoms with Crippen molar-refractivity contribution in [1.82, 2.24) is 10.3 Å². The maximum absolute atomic E-state index is 14.8. The van der Waals surface area contributed by atoms with Crippen LogP contribution in [0.25, 0.3) is 10.8 Å². The summed E-state index contributed by atoms with van der Waals surface area (Å²) >= 11 is 0. The molecule has 0 radical (unpaired) electrons. The van der Waals surface area contributed by atoms with Crippen LogP contribution in [-0.4, -0.2) is 35.7 Å². The van der Waals surface area contributed by atoms with E-state index in [0.717, 1.165) is 19.0 Å². The Morgan fingerprint density at radius 3 is 2.59 bits per heavy atom. The summed E-state index contributed by atoms with van der Waals surface area (Å²) in [6.07, 6.45) is 2.11. The van der Waals surface area contributed by atoms with Crippen molar-refractivity contribution < 1.29 is 14.3 Å². The van der Waals surface area contributed by atoms with Gasteiger partial charge in [-0.05, 0) is 53.8 Å². The SMILES string of the molecule is C[C@@H](NCC1CCN(c2ncc(C(=O)O)cc2F)CC1c1ccccc1)c1cccc2ccccc12.Cl. The number of carboxylic acid groups (broad SMARTS) is 1. The fourth-order valence-corrected chi connectivity index (χ4v) is 5.36. The van der Waals surface area contributed by atoms with Crippen LogP contribution in [-0.2, 0) is 0 Å². The van der Waals surface area contributed by atoms with E-state index < -0.39 is 11.8 Å². The van der Waals surface area contributed by atoms with E-state index in [1.54, 1.807) is 0 Å². The predicted molar refractivity (Wildman–Crippen MR) is 148 cm³/mol. The highest BCUT2D eigenvalue weighted by atomic mass is 35.5. The van der Waals surface area contributed by atoms with Gasteiger partial charge in [0, 0.05) is 31.2 Å². The van der Waals surface area contributed by atoms with E-state index in [9.17, 15) is 9.18 Å². The molecule has 0 spiro atoms. The molecule has 37 heavy (non-hydrogen) atoms. The third-order valence-corrected chi connectivity index (χ3v) is 7.33. The lowest BCUT2D eigenvalue weighted by Crippen LogP contribution is -2.43. The average Bonchev–Trinajstić information content (AvgIpc) is 2.91. The standard InChI is InChI=1S/C30H30FN3O2.ClH/c1-20(25-13-7-11-21-10-5-6-12-26(21)25)32-17-23-14-15-34(19-27(23)22-8-3-2-4-9-22)29-28(31)16-24(18-33-29)30(35)36;/h2-13,16,18,20,23,27,32H,14-15,17,19H2,1H3,(H,35,36);1H/t20-,23?,27?;/m1./s1. The molecule has 2 unspecified atom stereocenters. The highest BCUT2D eigenvalue weighted by Crippen LogP contribution is 2.35. The van der Waals surface area contributed by atoms with E-state index >= 15 is 0 Å². The first-order chi connectivity index (χ1) is 17.5. The molecule has 0 saturated carbocycles. The molecule has 1 aromatic heterocycles. The Labute approximate surface area is 222 Å². The van der Waals surface area contributed by atoms with Crippen molar-refractivity contribution in [2.75, 3.05) is 24.5 Å². The Morgan fingerprint density at radius 1 is 1.11 bits per heavy atom. The first kappa shape index (κ1) is 26.6. The van der Waals surface area contributed by atoms with Gasteiger partial charge in [0.15, 0.2) is 11.6 Å². The smallest absolute Gasteiger partial charge is 0.337 e. The van der Waals surface area contributed by atoms with Gasteiger partial charge in [-0.2, -0.15) is 0 Å². The molecular formula is C30H31ClFN3O2. The molecule has 0 amide bonds. The number of halogens is 2.